The zero-order valence-electron chi connectivity index (χ0n) is 14.5. The van der Waals surface area contributed by atoms with Crippen molar-refractivity contribution in [2.24, 2.45) is 11.3 Å². The molecular weight excluding hydrogens is 316 g/mol. The van der Waals surface area contributed by atoms with Crippen molar-refractivity contribution in [3.8, 4) is 0 Å². The van der Waals surface area contributed by atoms with Crippen LogP contribution in [0.2, 0.25) is 0 Å². The molecule has 0 N–H and O–H groups in total. The molecule has 2 aliphatic heterocycles. The number of carbonyl (C=O) groups is 2. The number of nitrogens with zero attached hydrogens (tertiary/aromatic N) is 2. The molecule has 2 aliphatic rings. The molecule has 0 aromatic carbocycles. The van der Waals surface area contributed by atoms with Gasteiger partial charge < -0.3 is 9.80 Å². The first kappa shape index (κ1) is 18.2. The summed E-state index contributed by atoms with van der Waals surface area (Å²) < 4.78 is 23.2. The molecule has 1 atom stereocenters. The highest BCUT2D eigenvalue weighted by atomic mass is 32.2. The molecule has 0 aromatic heterocycles. The Bertz CT molecular complexity index is 577. The first-order chi connectivity index (χ1) is 10.5. The molecule has 2 heterocycles. The molecule has 2 fully saturated rings. The van der Waals surface area contributed by atoms with Crippen LogP contribution in [-0.2, 0) is 19.4 Å². The third-order valence-corrected chi connectivity index (χ3v) is 6.97. The van der Waals surface area contributed by atoms with Gasteiger partial charge in [-0.05, 0) is 39.0 Å². The molecule has 0 spiro atoms. The first-order valence-electron chi connectivity index (χ1n) is 8.31. The Morgan fingerprint density at radius 1 is 1.13 bits per heavy atom. The molecule has 6 nitrogen and oxygen atoms in total. The normalized spacial score (nSPS) is 25.4. The van der Waals surface area contributed by atoms with Gasteiger partial charge in [0.1, 0.15) is 5.41 Å². The number of hydrogen-bond acceptors (Lipinski definition) is 4. The smallest absolute Gasteiger partial charge is 0.237 e. The summed E-state index contributed by atoms with van der Waals surface area (Å²) in [6, 6.07) is -0.319. The Kier molecular flexibility index (Phi) is 5.09. The molecule has 1 unspecified atom stereocenters. The minimum atomic E-state index is -3.06. The number of amides is 2. The first-order valence-corrected chi connectivity index (χ1v) is 10.1. The van der Waals surface area contributed by atoms with E-state index in [2.05, 4.69) is 6.92 Å². The lowest BCUT2D eigenvalue weighted by Crippen LogP contribution is -2.53. The third kappa shape index (κ3) is 3.87. The summed E-state index contributed by atoms with van der Waals surface area (Å²) in [5.41, 5.74) is -1.15. The van der Waals surface area contributed by atoms with Crippen LogP contribution >= 0.6 is 0 Å². The van der Waals surface area contributed by atoms with E-state index in [1.54, 1.807) is 25.8 Å². The summed E-state index contributed by atoms with van der Waals surface area (Å²) in [5.74, 6) is 0.295. The number of rotatable bonds is 3. The van der Waals surface area contributed by atoms with E-state index in [1.807, 2.05) is 0 Å². The van der Waals surface area contributed by atoms with Crippen LogP contribution in [0, 0.1) is 11.3 Å². The van der Waals surface area contributed by atoms with Crippen LogP contribution in [-0.4, -0.2) is 67.7 Å². The number of carbonyl (C=O) groups excluding carboxylic acids is 2. The van der Waals surface area contributed by atoms with Crippen LogP contribution in [0.5, 0.6) is 0 Å². The Balaban J connectivity index is 2.05. The Hall–Kier alpha value is -1.11. The van der Waals surface area contributed by atoms with Crippen LogP contribution in [0.1, 0.15) is 40.0 Å². The topological polar surface area (TPSA) is 74.8 Å². The van der Waals surface area contributed by atoms with Crippen molar-refractivity contribution in [2.45, 2.75) is 46.1 Å². The fourth-order valence-corrected chi connectivity index (χ4v) is 5.16. The Morgan fingerprint density at radius 2 is 1.70 bits per heavy atom. The number of sulfone groups is 1. The highest BCUT2D eigenvalue weighted by Crippen LogP contribution is 2.28. The summed E-state index contributed by atoms with van der Waals surface area (Å²) in [6.45, 7) is 6.86. The SMILES string of the molecule is CC1CCN(C(=O)C(C)(C)C(=O)N(C)C2CCS(=O)(=O)C2)CC1. The van der Waals surface area contributed by atoms with Crippen LogP contribution < -0.4 is 0 Å². The van der Waals surface area contributed by atoms with Gasteiger partial charge in [-0.3, -0.25) is 9.59 Å². The maximum absolute atomic E-state index is 12.8. The molecule has 132 valence electrons. The predicted octanol–water partition coefficient (Wildman–Crippen LogP) is 0.917. The summed E-state index contributed by atoms with van der Waals surface area (Å²) in [4.78, 5) is 28.8. The second-order valence-electron chi connectivity index (χ2n) is 7.57. The van der Waals surface area contributed by atoms with Crippen molar-refractivity contribution in [3.63, 3.8) is 0 Å². The van der Waals surface area contributed by atoms with Gasteiger partial charge in [0.2, 0.25) is 11.8 Å². The number of hydrogen-bond donors (Lipinski definition) is 0. The summed E-state index contributed by atoms with van der Waals surface area (Å²) in [5, 5.41) is 0. The molecule has 23 heavy (non-hydrogen) atoms. The maximum Gasteiger partial charge on any atom is 0.237 e. The lowest BCUT2D eigenvalue weighted by Gasteiger charge is -2.38. The molecule has 2 rings (SSSR count). The second-order valence-corrected chi connectivity index (χ2v) is 9.80. The third-order valence-electron chi connectivity index (χ3n) is 5.22. The van der Waals surface area contributed by atoms with Crippen LogP contribution in [0.3, 0.4) is 0 Å². The van der Waals surface area contributed by atoms with E-state index < -0.39 is 15.3 Å². The van der Waals surface area contributed by atoms with Crippen molar-refractivity contribution in [1.82, 2.24) is 9.80 Å². The van der Waals surface area contributed by atoms with E-state index in [0.29, 0.717) is 25.4 Å². The van der Waals surface area contributed by atoms with Gasteiger partial charge in [0.25, 0.3) is 0 Å². The van der Waals surface area contributed by atoms with Crippen molar-refractivity contribution in [1.29, 1.82) is 0 Å². The molecule has 0 aromatic rings. The van der Waals surface area contributed by atoms with Crippen LogP contribution in [0.4, 0.5) is 0 Å². The zero-order valence-corrected chi connectivity index (χ0v) is 15.4. The highest BCUT2D eigenvalue weighted by molar-refractivity contribution is 7.91. The summed E-state index contributed by atoms with van der Waals surface area (Å²) in [7, 11) is -1.44. The molecule has 0 bridgehead atoms. The van der Waals surface area contributed by atoms with E-state index in [1.165, 1.54) is 4.90 Å². The lowest BCUT2D eigenvalue weighted by molar-refractivity contribution is -0.155. The van der Waals surface area contributed by atoms with E-state index in [0.717, 1.165) is 12.8 Å². The highest BCUT2D eigenvalue weighted by Gasteiger charge is 2.44. The molecular formula is C16H28N2O4S. The number of likely N-dealkylation sites (tertiary alicyclic amines) is 1. The molecule has 0 aliphatic carbocycles. The van der Waals surface area contributed by atoms with Gasteiger partial charge in [0.15, 0.2) is 9.84 Å². The Labute approximate surface area is 139 Å². The minimum Gasteiger partial charge on any atom is -0.342 e. The van der Waals surface area contributed by atoms with Gasteiger partial charge in [0, 0.05) is 26.2 Å². The second kappa shape index (κ2) is 6.42. The van der Waals surface area contributed by atoms with Gasteiger partial charge in [-0.25, -0.2) is 8.42 Å². The standard InChI is InChI=1S/C16H28N2O4S/c1-12-5-8-18(9-6-12)15(20)16(2,3)14(19)17(4)13-7-10-23(21,22)11-13/h12-13H,5-11H2,1-4H3. The fourth-order valence-electron chi connectivity index (χ4n) is 3.39. The molecule has 2 saturated heterocycles. The van der Waals surface area contributed by atoms with Crippen LogP contribution in [0.15, 0.2) is 0 Å². The summed E-state index contributed by atoms with van der Waals surface area (Å²) >= 11 is 0. The van der Waals surface area contributed by atoms with Gasteiger partial charge in [0.05, 0.1) is 11.5 Å². The average Bonchev–Trinajstić information content (AvgIpc) is 2.85. The van der Waals surface area contributed by atoms with E-state index >= 15 is 0 Å². The van der Waals surface area contributed by atoms with Gasteiger partial charge in [-0.2, -0.15) is 0 Å². The van der Waals surface area contributed by atoms with E-state index in [-0.39, 0.29) is 29.4 Å². The lowest BCUT2D eigenvalue weighted by atomic mass is 9.87. The van der Waals surface area contributed by atoms with Crippen LogP contribution in [0.25, 0.3) is 0 Å². The molecule has 0 radical (unpaired) electrons. The fraction of sp³-hybridized carbons (Fsp3) is 0.875. The van der Waals surface area contributed by atoms with Gasteiger partial charge in [-0.15, -0.1) is 0 Å². The van der Waals surface area contributed by atoms with E-state index in [9.17, 15) is 18.0 Å². The molecule has 2 amide bonds. The van der Waals surface area contributed by atoms with Gasteiger partial charge in [-0.1, -0.05) is 6.92 Å². The van der Waals surface area contributed by atoms with Gasteiger partial charge >= 0.3 is 0 Å². The molecule has 7 heteroatoms. The van der Waals surface area contributed by atoms with E-state index in [4.69, 9.17) is 0 Å². The molecule has 0 saturated carbocycles. The zero-order chi connectivity index (χ0) is 17.4. The maximum atomic E-state index is 12.8. The average molecular weight is 344 g/mol. The van der Waals surface area contributed by atoms with Crippen molar-refractivity contribution >= 4 is 21.7 Å². The van der Waals surface area contributed by atoms with Crippen molar-refractivity contribution in [3.05, 3.63) is 0 Å². The number of piperidine rings is 1. The monoisotopic (exact) mass is 344 g/mol. The minimum absolute atomic E-state index is 0.000734. The summed E-state index contributed by atoms with van der Waals surface area (Å²) in [6.07, 6.45) is 2.38. The largest absolute Gasteiger partial charge is 0.342 e. The van der Waals surface area contributed by atoms with Crippen molar-refractivity contribution in [2.75, 3.05) is 31.6 Å². The van der Waals surface area contributed by atoms with Crippen molar-refractivity contribution < 1.29 is 18.0 Å². The Morgan fingerprint density at radius 3 is 2.17 bits per heavy atom. The quantitative estimate of drug-likeness (QED) is 0.714. The predicted molar refractivity (Wildman–Crippen MR) is 88.6 cm³/mol.